The number of carbonyl (C=O) groups is 1. The Morgan fingerprint density at radius 2 is 1.95 bits per heavy atom. The van der Waals surface area contributed by atoms with Crippen LogP contribution in [0.25, 0.3) is 11.3 Å². The normalized spacial score (nSPS) is 19.7. The van der Waals surface area contributed by atoms with Gasteiger partial charge in [0.05, 0.1) is 24.1 Å². The van der Waals surface area contributed by atoms with E-state index >= 15 is 0 Å². The molecule has 4 nitrogen and oxygen atoms in total. The molecule has 0 saturated heterocycles. The molecule has 0 aliphatic heterocycles. The van der Waals surface area contributed by atoms with E-state index in [1.165, 1.54) is 11.6 Å². The minimum atomic E-state index is -0.952. The Bertz CT molecular complexity index is 1310. The predicted molar refractivity (Wildman–Crippen MR) is 154 cm³/mol. The maximum Gasteiger partial charge on any atom is 0.159 e. The molecule has 0 bridgehead atoms. The number of rotatable bonds is 9. The summed E-state index contributed by atoms with van der Waals surface area (Å²) in [4.78, 5) is 22.5. The second kappa shape index (κ2) is 12.3. The van der Waals surface area contributed by atoms with Gasteiger partial charge in [-0.15, -0.1) is 9.24 Å². The topological polar surface area (TPSA) is 54.9 Å². The zero-order valence-corrected chi connectivity index (χ0v) is 23.4. The number of aromatic nitrogens is 2. The molecule has 1 aromatic heterocycles. The summed E-state index contributed by atoms with van der Waals surface area (Å²) in [5.41, 5.74) is 4.45. The van der Waals surface area contributed by atoms with Gasteiger partial charge >= 0.3 is 0 Å². The smallest absolute Gasteiger partial charge is 0.159 e. The lowest BCUT2D eigenvalue weighted by Crippen LogP contribution is -2.26. The Morgan fingerprint density at radius 3 is 2.66 bits per heavy atom. The van der Waals surface area contributed by atoms with Gasteiger partial charge in [0.2, 0.25) is 0 Å². The zero-order valence-electron chi connectivity index (χ0n) is 22.2. The first kappa shape index (κ1) is 28.0. The van der Waals surface area contributed by atoms with Crippen LogP contribution in [0.15, 0.2) is 60.8 Å². The Labute approximate surface area is 226 Å². The number of anilines is 1. The molecule has 0 spiro atoms. The molecule has 2 aromatic carbocycles. The Balaban J connectivity index is 1.59. The molecule has 3 atom stereocenters. The third-order valence-electron chi connectivity index (χ3n) is 7.61. The summed E-state index contributed by atoms with van der Waals surface area (Å²) in [6.07, 6.45) is 7.72. The first-order chi connectivity index (χ1) is 18.2. The summed E-state index contributed by atoms with van der Waals surface area (Å²) in [6, 6.07) is 11.7. The molecule has 4 rings (SSSR count). The van der Waals surface area contributed by atoms with E-state index in [0.29, 0.717) is 17.3 Å². The highest BCUT2D eigenvalue weighted by atomic mass is 31.0. The van der Waals surface area contributed by atoms with Gasteiger partial charge in [-0.1, -0.05) is 62.8 Å². The third kappa shape index (κ3) is 7.11. The molecule has 3 aromatic rings. The number of hydrogen-bond donors (Lipinski definition) is 1. The number of hydrogen-bond acceptors (Lipinski definition) is 4. The maximum atomic E-state index is 13.6. The summed E-state index contributed by atoms with van der Waals surface area (Å²) >= 11 is 0. The van der Waals surface area contributed by atoms with Gasteiger partial charge in [0, 0.05) is 12.0 Å². The van der Waals surface area contributed by atoms with Crippen LogP contribution in [-0.2, 0) is 17.6 Å². The van der Waals surface area contributed by atoms with Crippen LogP contribution in [0.1, 0.15) is 57.2 Å². The summed E-state index contributed by atoms with van der Waals surface area (Å²) in [5, 5.41) is 4.30. The fourth-order valence-corrected chi connectivity index (χ4v) is 5.72. The number of benzene rings is 2. The number of nitrogens with zero attached hydrogens (tertiary/aromatic N) is 2. The quantitative estimate of drug-likeness (QED) is 0.185. The van der Waals surface area contributed by atoms with Crippen molar-refractivity contribution in [2.75, 3.05) is 11.9 Å². The molecule has 1 saturated carbocycles. The molecule has 1 aliphatic rings. The molecule has 3 unspecified atom stereocenters. The molecule has 1 aliphatic carbocycles. The molecule has 1 heterocycles. The monoisotopic (exact) mass is 535 g/mol. The molecule has 7 heteroatoms. The number of ketones is 1. The Morgan fingerprint density at radius 1 is 1.18 bits per heavy atom. The second-order valence-electron chi connectivity index (χ2n) is 10.8. The van der Waals surface area contributed by atoms with Crippen molar-refractivity contribution < 1.29 is 13.6 Å². The largest absolute Gasteiger partial charge is 0.361 e. The van der Waals surface area contributed by atoms with Crippen molar-refractivity contribution in [3.63, 3.8) is 0 Å². The zero-order chi connectivity index (χ0) is 27.3. The predicted octanol–water partition coefficient (Wildman–Crippen LogP) is 6.85. The van der Waals surface area contributed by atoms with Crippen LogP contribution in [0, 0.1) is 23.0 Å². The molecular formula is C31H36F2N3OP. The first-order valence-corrected chi connectivity index (χ1v) is 13.8. The van der Waals surface area contributed by atoms with Crippen LogP contribution in [0.4, 0.5) is 14.6 Å². The summed E-state index contributed by atoms with van der Waals surface area (Å²) in [6.45, 7) is 8.84. The summed E-state index contributed by atoms with van der Waals surface area (Å²) in [7, 11) is 2.69. The standard InChI is InChI=1S/C31H36F2N3OP/c1-4-31(12-11-20(2)13-21(3)16-31)17-28-30(35-19-29(36-28)23-6-8-25(38)9-7-23)34-18-24(37)14-22-5-10-26(32)27(33)15-22/h5-10,15,19,21H,2,4,11-14,16-18,38H2,1,3H3,(H,34,35). The number of allylic oxidation sites excluding steroid dienone is 1. The van der Waals surface area contributed by atoms with Crippen molar-refractivity contribution in [1.82, 2.24) is 9.97 Å². The van der Waals surface area contributed by atoms with Crippen LogP contribution in [0.5, 0.6) is 0 Å². The minimum absolute atomic E-state index is 0.00491. The average Bonchev–Trinajstić information content (AvgIpc) is 3.03. The van der Waals surface area contributed by atoms with Gasteiger partial charge in [-0.25, -0.2) is 18.7 Å². The molecule has 1 N–H and O–H groups in total. The van der Waals surface area contributed by atoms with Gasteiger partial charge in [0.1, 0.15) is 5.82 Å². The highest BCUT2D eigenvalue weighted by Crippen LogP contribution is 2.44. The van der Waals surface area contributed by atoms with Crippen LogP contribution >= 0.6 is 9.24 Å². The maximum absolute atomic E-state index is 13.6. The van der Waals surface area contributed by atoms with Crippen molar-refractivity contribution in [3.05, 3.63) is 83.7 Å². The Kier molecular flexibility index (Phi) is 9.04. The van der Waals surface area contributed by atoms with Gasteiger partial charge in [0.15, 0.2) is 17.4 Å². The van der Waals surface area contributed by atoms with Crippen molar-refractivity contribution in [1.29, 1.82) is 0 Å². The second-order valence-corrected chi connectivity index (χ2v) is 11.5. The van der Waals surface area contributed by atoms with Gasteiger partial charge in [0.25, 0.3) is 0 Å². The van der Waals surface area contributed by atoms with Gasteiger partial charge in [-0.2, -0.15) is 0 Å². The summed E-state index contributed by atoms with van der Waals surface area (Å²) < 4.78 is 26.8. The fraction of sp³-hybridized carbons (Fsp3) is 0.387. The SMILES string of the molecule is C=C1CCC(CC)(Cc2nc(-c3ccc(P)cc3)cnc2NCC(=O)Cc2ccc(F)c(F)c2)CC(C)C1. The number of halogens is 2. The number of carbonyl (C=O) groups excluding carboxylic acids is 1. The highest BCUT2D eigenvalue weighted by Gasteiger charge is 2.34. The van der Waals surface area contributed by atoms with Crippen molar-refractivity contribution >= 4 is 26.1 Å². The van der Waals surface area contributed by atoms with Gasteiger partial charge in [-0.3, -0.25) is 4.79 Å². The molecule has 0 amide bonds. The van der Waals surface area contributed by atoms with E-state index in [2.05, 4.69) is 35.0 Å². The van der Waals surface area contributed by atoms with Gasteiger partial charge < -0.3 is 5.32 Å². The van der Waals surface area contributed by atoms with E-state index < -0.39 is 11.6 Å². The van der Waals surface area contributed by atoms with Crippen LogP contribution in [0.3, 0.4) is 0 Å². The third-order valence-corrected chi connectivity index (χ3v) is 7.99. The minimum Gasteiger partial charge on any atom is -0.361 e. The van der Waals surface area contributed by atoms with E-state index in [9.17, 15) is 13.6 Å². The Hall–Kier alpha value is -2.98. The van der Waals surface area contributed by atoms with E-state index in [4.69, 9.17) is 9.97 Å². The number of nitrogens with one attached hydrogen (secondary N) is 1. The molecule has 200 valence electrons. The fourth-order valence-electron chi connectivity index (χ4n) is 5.53. The highest BCUT2D eigenvalue weighted by molar-refractivity contribution is 7.27. The summed E-state index contributed by atoms with van der Waals surface area (Å²) in [5.74, 6) is -0.878. The number of Topliss-reactive ketones (excluding diaryl/α,β-unsaturated/α-hetero) is 1. The van der Waals surface area contributed by atoms with E-state index in [1.807, 2.05) is 24.3 Å². The van der Waals surface area contributed by atoms with E-state index in [0.717, 1.165) is 72.9 Å². The molecule has 38 heavy (non-hydrogen) atoms. The molecular weight excluding hydrogens is 499 g/mol. The van der Waals surface area contributed by atoms with Crippen LogP contribution in [0.2, 0.25) is 0 Å². The lowest BCUT2D eigenvalue weighted by molar-refractivity contribution is -0.116. The van der Waals surface area contributed by atoms with E-state index in [-0.39, 0.29) is 24.2 Å². The van der Waals surface area contributed by atoms with Gasteiger partial charge in [-0.05, 0) is 66.4 Å². The molecule has 0 radical (unpaired) electrons. The van der Waals surface area contributed by atoms with Crippen molar-refractivity contribution in [2.45, 2.75) is 58.8 Å². The first-order valence-electron chi connectivity index (χ1n) is 13.2. The van der Waals surface area contributed by atoms with E-state index in [1.54, 1.807) is 6.20 Å². The molecule has 1 fully saturated rings. The lowest BCUT2D eigenvalue weighted by atomic mass is 9.72. The van der Waals surface area contributed by atoms with Crippen molar-refractivity contribution in [2.24, 2.45) is 11.3 Å². The van der Waals surface area contributed by atoms with Crippen molar-refractivity contribution in [3.8, 4) is 11.3 Å². The lowest BCUT2D eigenvalue weighted by Gasteiger charge is -2.33. The van der Waals surface area contributed by atoms with Crippen LogP contribution in [-0.4, -0.2) is 22.3 Å². The van der Waals surface area contributed by atoms with Crippen LogP contribution < -0.4 is 10.6 Å². The average molecular weight is 536 g/mol.